The van der Waals surface area contributed by atoms with Crippen molar-refractivity contribution in [3.05, 3.63) is 22.7 Å². The Hall–Kier alpha value is -1.34. The number of esters is 1. The molecule has 0 spiro atoms. The molecular formula is C11H15NO3. The van der Waals surface area contributed by atoms with Gasteiger partial charge in [0.1, 0.15) is 0 Å². The first-order valence-electron chi connectivity index (χ1n) is 5.14. The minimum atomic E-state index is -0.496. The molecule has 0 bridgehead atoms. The van der Waals surface area contributed by atoms with Crippen molar-refractivity contribution in [1.82, 2.24) is 0 Å². The van der Waals surface area contributed by atoms with Gasteiger partial charge in [0.15, 0.2) is 0 Å². The molecule has 0 atom stereocenters. The molecule has 1 fully saturated rings. The summed E-state index contributed by atoms with van der Waals surface area (Å²) in [5.41, 5.74) is 1.03. The van der Waals surface area contributed by atoms with Crippen molar-refractivity contribution in [2.24, 2.45) is 0 Å². The standard InChI is InChI=1S/C11H15NO3/c1-3-15-11(13)10(12-2)9-5-4-7-14-8-6-9/h3-8H2,1H3/b10-9+. The number of carbonyl (C=O) groups excluding carboxylic acids is 1. The normalized spacial score (nSPS) is 20.0. The monoisotopic (exact) mass is 209 g/mol. The molecule has 4 heteroatoms. The van der Waals surface area contributed by atoms with Gasteiger partial charge in [-0.1, -0.05) is 5.57 Å². The summed E-state index contributed by atoms with van der Waals surface area (Å²) >= 11 is 0. The average Bonchev–Trinajstić information content (AvgIpc) is 2.48. The molecule has 0 radical (unpaired) electrons. The van der Waals surface area contributed by atoms with E-state index in [1.165, 1.54) is 0 Å². The van der Waals surface area contributed by atoms with Gasteiger partial charge >= 0.3 is 5.97 Å². The van der Waals surface area contributed by atoms with Crippen LogP contribution in [0.1, 0.15) is 26.2 Å². The minimum Gasteiger partial charge on any atom is -0.471 e. The first kappa shape index (κ1) is 11.7. The molecule has 1 heterocycles. The van der Waals surface area contributed by atoms with Crippen LogP contribution >= 0.6 is 0 Å². The van der Waals surface area contributed by atoms with E-state index in [0.29, 0.717) is 26.2 Å². The number of hydrogen-bond donors (Lipinski definition) is 0. The van der Waals surface area contributed by atoms with Gasteiger partial charge in [0.25, 0.3) is 5.70 Å². The van der Waals surface area contributed by atoms with Crippen LogP contribution in [0.3, 0.4) is 0 Å². The van der Waals surface area contributed by atoms with E-state index in [-0.39, 0.29) is 5.70 Å². The zero-order valence-corrected chi connectivity index (χ0v) is 8.91. The summed E-state index contributed by atoms with van der Waals surface area (Å²) in [6.07, 6.45) is 2.29. The molecule has 0 aromatic carbocycles. The number of rotatable bonds is 2. The van der Waals surface area contributed by atoms with Gasteiger partial charge in [-0.2, -0.15) is 0 Å². The third kappa shape index (κ3) is 3.37. The van der Waals surface area contributed by atoms with Crippen LogP contribution in [0.2, 0.25) is 0 Å². The second-order valence-electron chi connectivity index (χ2n) is 3.25. The Morgan fingerprint density at radius 1 is 1.53 bits per heavy atom. The lowest BCUT2D eigenvalue weighted by Crippen LogP contribution is -2.08. The van der Waals surface area contributed by atoms with Gasteiger partial charge in [-0.15, -0.1) is 0 Å². The molecule has 0 N–H and O–H groups in total. The van der Waals surface area contributed by atoms with Crippen molar-refractivity contribution in [3.8, 4) is 0 Å². The highest BCUT2D eigenvalue weighted by molar-refractivity contribution is 5.91. The zero-order valence-electron chi connectivity index (χ0n) is 8.91. The van der Waals surface area contributed by atoms with Crippen LogP contribution in [0.4, 0.5) is 0 Å². The van der Waals surface area contributed by atoms with E-state index in [4.69, 9.17) is 16.0 Å². The smallest absolute Gasteiger partial charge is 0.336 e. The second kappa shape index (κ2) is 6.20. The SMILES string of the molecule is [C-]#[N+]/C(C(=O)OCC)=C1\CCCOCC1. The largest absolute Gasteiger partial charge is 0.471 e. The maximum Gasteiger partial charge on any atom is 0.336 e. The summed E-state index contributed by atoms with van der Waals surface area (Å²) in [5, 5.41) is 0. The Balaban J connectivity index is 2.81. The number of carbonyl (C=O) groups is 1. The molecule has 1 saturated heterocycles. The fourth-order valence-electron chi connectivity index (χ4n) is 1.52. The van der Waals surface area contributed by atoms with Gasteiger partial charge in [-0.25, -0.2) is 4.85 Å². The predicted molar refractivity (Wildman–Crippen MR) is 54.9 cm³/mol. The molecule has 82 valence electrons. The van der Waals surface area contributed by atoms with Crippen LogP contribution in [-0.4, -0.2) is 25.8 Å². The third-order valence-corrected chi connectivity index (χ3v) is 2.23. The topological polar surface area (TPSA) is 39.9 Å². The van der Waals surface area contributed by atoms with E-state index in [9.17, 15) is 4.79 Å². The maximum absolute atomic E-state index is 11.5. The summed E-state index contributed by atoms with van der Waals surface area (Å²) in [7, 11) is 0. The molecule has 15 heavy (non-hydrogen) atoms. The maximum atomic E-state index is 11.5. The van der Waals surface area contributed by atoms with Crippen molar-refractivity contribution < 1.29 is 14.3 Å². The summed E-state index contributed by atoms with van der Waals surface area (Å²) < 4.78 is 10.1. The van der Waals surface area contributed by atoms with E-state index in [0.717, 1.165) is 18.4 Å². The highest BCUT2D eigenvalue weighted by Gasteiger charge is 2.18. The molecule has 0 aromatic rings. The molecule has 1 aliphatic heterocycles. The Morgan fingerprint density at radius 3 is 3.00 bits per heavy atom. The van der Waals surface area contributed by atoms with Gasteiger partial charge < -0.3 is 9.47 Å². The first-order chi connectivity index (χ1) is 7.29. The van der Waals surface area contributed by atoms with Crippen LogP contribution in [-0.2, 0) is 14.3 Å². The van der Waals surface area contributed by atoms with E-state index in [2.05, 4.69) is 4.85 Å². The Morgan fingerprint density at radius 2 is 2.33 bits per heavy atom. The lowest BCUT2D eigenvalue weighted by molar-refractivity contribution is -0.138. The van der Waals surface area contributed by atoms with Crippen molar-refractivity contribution in [3.63, 3.8) is 0 Å². The molecule has 4 nitrogen and oxygen atoms in total. The predicted octanol–water partition coefficient (Wildman–Crippen LogP) is 1.92. The molecular weight excluding hydrogens is 194 g/mol. The first-order valence-corrected chi connectivity index (χ1v) is 5.14. The molecule has 0 aromatic heterocycles. The third-order valence-electron chi connectivity index (χ3n) is 2.23. The van der Waals surface area contributed by atoms with Crippen molar-refractivity contribution >= 4 is 5.97 Å². The molecule has 1 rings (SSSR count). The van der Waals surface area contributed by atoms with E-state index in [1.807, 2.05) is 0 Å². The average molecular weight is 209 g/mol. The van der Waals surface area contributed by atoms with Crippen molar-refractivity contribution in [1.29, 1.82) is 0 Å². The summed E-state index contributed by atoms with van der Waals surface area (Å²) in [5.74, 6) is -0.496. The summed E-state index contributed by atoms with van der Waals surface area (Å²) in [4.78, 5) is 14.7. The summed E-state index contributed by atoms with van der Waals surface area (Å²) in [6.45, 7) is 10.3. The molecule has 0 amide bonds. The minimum absolute atomic E-state index is 0.155. The fourth-order valence-corrected chi connectivity index (χ4v) is 1.52. The van der Waals surface area contributed by atoms with Gasteiger partial charge in [0, 0.05) is 13.2 Å². The second-order valence-corrected chi connectivity index (χ2v) is 3.25. The van der Waals surface area contributed by atoms with Gasteiger partial charge in [-0.3, -0.25) is 4.79 Å². The van der Waals surface area contributed by atoms with Crippen LogP contribution in [0.15, 0.2) is 11.3 Å². The Kier molecular flexibility index (Phi) is 4.85. The van der Waals surface area contributed by atoms with Crippen LogP contribution < -0.4 is 0 Å². The van der Waals surface area contributed by atoms with Crippen LogP contribution in [0.5, 0.6) is 0 Å². The van der Waals surface area contributed by atoms with E-state index < -0.39 is 5.97 Å². The van der Waals surface area contributed by atoms with Gasteiger partial charge in [0.2, 0.25) is 0 Å². The van der Waals surface area contributed by atoms with Crippen molar-refractivity contribution in [2.75, 3.05) is 19.8 Å². The highest BCUT2D eigenvalue weighted by Crippen LogP contribution is 2.20. The lowest BCUT2D eigenvalue weighted by atomic mass is 10.1. The van der Waals surface area contributed by atoms with E-state index >= 15 is 0 Å². The van der Waals surface area contributed by atoms with Crippen molar-refractivity contribution in [2.45, 2.75) is 26.2 Å². The van der Waals surface area contributed by atoms with Gasteiger partial charge in [0.05, 0.1) is 13.2 Å². The zero-order chi connectivity index (χ0) is 11.1. The lowest BCUT2D eigenvalue weighted by Gasteiger charge is -2.06. The fraction of sp³-hybridized carbons (Fsp3) is 0.636. The number of hydrogen-bond acceptors (Lipinski definition) is 3. The summed E-state index contributed by atoms with van der Waals surface area (Å²) in [6, 6.07) is 0. The molecule has 0 saturated carbocycles. The van der Waals surface area contributed by atoms with Crippen LogP contribution in [0.25, 0.3) is 4.85 Å². The Bertz CT molecular complexity index is 291. The van der Waals surface area contributed by atoms with E-state index in [1.54, 1.807) is 6.92 Å². The molecule has 0 unspecified atom stereocenters. The quantitative estimate of drug-likeness (QED) is 0.396. The molecule has 0 aliphatic carbocycles. The Labute approximate surface area is 89.7 Å². The highest BCUT2D eigenvalue weighted by atomic mass is 16.5. The van der Waals surface area contributed by atoms with Crippen LogP contribution in [0, 0.1) is 6.57 Å². The molecule has 1 aliphatic rings. The number of nitrogens with zero attached hydrogens (tertiary/aromatic N) is 1. The number of ether oxygens (including phenoxy) is 2. The van der Waals surface area contributed by atoms with Gasteiger partial charge in [-0.05, 0) is 26.2 Å².